The van der Waals surface area contributed by atoms with Crippen molar-refractivity contribution in [1.29, 1.82) is 0 Å². The zero-order valence-corrected chi connectivity index (χ0v) is 13.7. The number of carbonyl (C=O) groups is 1. The van der Waals surface area contributed by atoms with Gasteiger partial charge in [0.05, 0.1) is 0 Å². The zero-order chi connectivity index (χ0) is 15.9. The van der Waals surface area contributed by atoms with Gasteiger partial charge in [-0.05, 0) is 25.8 Å². The van der Waals surface area contributed by atoms with E-state index in [-0.39, 0.29) is 17.9 Å². The van der Waals surface area contributed by atoms with Gasteiger partial charge in [-0.15, -0.1) is 0 Å². The highest BCUT2D eigenvalue weighted by atomic mass is 32.2. The fraction of sp³-hybridized carbons (Fsp3) is 0.562. The Kier molecular flexibility index (Phi) is 7.22. The molecule has 0 heterocycles. The number of hydrogen-bond donors (Lipinski definition) is 3. The molecular weight excluding hydrogens is 286 g/mol. The van der Waals surface area contributed by atoms with Crippen molar-refractivity contribution < 1.29 is 15.0 Å². The predicted octanol–water partition coefficient (Wildman–Crippen LogP) is 2.47. The minimum atomic E-state index is -1.11. The van der Waals surface area contributed by atoms with Crippen molar-refractivity contribution in [2.75, 3.05) is 12.4 Å². The van der Waals surface area contributed by atoms with Crippen molar-refractivity contribution in [3.63, 3.8) is 0 Å². The van der Waals surface area contributed by atoms with Crippen LogP contribution in [0.5, 0.6) is 0 Å². The third kappa shape index (κ3) is 5.02. The number of carboxylic acids is 1. The molecule has 1 rings (SSSR count). The molecule has 0 aliphatic heterocycles. The number of carboxylic acid groups (broad SMARTS) is 1. The van der Waals surface area contributed by atoms with Crippen LogP contribution in [0.2, 0.25) is 0 Å². The van der Waals surface area contributed by atoms with Crippen molar-refractivity contribution in [1.82, 2.24) is 5.32 Å². The molecule has 0 spiro atoms. The molecule has 0 aliphatic rings. The lowest BCUT2D eigenvalue weighted by molar-refractivity contribution is -0.144. The molecule has 118 valence electrons. The fourth-order valence-electron chi connectivity index (χ4n) is 2.20. The molecule has 0 radical (unpaired) electrons. The third-order valence-corrected chi connectivity index (χ3v) is 4.69. The summed E-state index contributed by atoms with van der Waals surface area (Å²) in [6, 6.07) is 9.34. The summed E-state index contributed by atoms with van der Waals surface area (Å²) in [4.78, 5) is 12.0. The first kappa shape index (κ1) is 18.0. The van der Waals surface area contributed by atoms with E-state index in [0.717, 1.165) is 5.56 Å². The highest BCUT2D eigenvalue weighted by Crippen LogP contribution is 2.29. The molecule has 0 aliphatic carbocycles. The molecule has 4 nitrogen and oxygen atoms in total. The SMILES string of the molecule is CC(C)NC(CSC(C)CCO)(C(=O)O)c1ccccc1. The van der Waals surface area contributed by atoms with E-state index in [4.69, 9.17) is 5.11 Å². The number of nitrogens with one attached hydrogen (secondary N) is 1. The number of aliphatic hydroxyl groups excluding tert-OH is 1. The summed E-state index contributed by atoms with van der Waals surface area (Å²) in [5.41, 5.74) is -0.348. The van der Waals surface area contributed by atoms with Crippen LogP contribution in [-0.2, 0) is 10.3 Å². The van der Waals surface area contributed by atoms with Gasteiger partial charge in [-0.3, -0.25) is 5.32 Å². The first-order valence-corrected chi connectivity index (χ1v) is 8.26. The maximum absolute atomic E-state index is 12.0. The smallest absolute Gasteiger partial charge is 0.329 e. The molecule has 0 saturated heterocycles. The summed E-state index contributed by atoms with van der Waals surface area (Å²) in [7, 11) is 0. The summed E-state index contributed by atoms with van der Waals surface area (Å²) in [6.45, 7) is 6.02. The molecule has 1 aromatic rings. The molecule has 0 bridgehead atoms. The van der Waals surface area contributed by atoms with Crippen LogP contribution in [0, 0.1) is 0 Å². The fourth-order valence-corrected chi connectivity index (χ4v) is 3.38. The summed E-state index contributed by atoms with van der Waals surface area (Å²) in [5.74, 6) is -0.447. The second-order valence-corrected chi connectivity index (χ2v) is 6.94. The largest absolute Gasteiger partial charge is 0.480 e. The minimum absolute atomic E-state index is 0.0510. The number of rotatable bonds is 9. The van der Waals surface area contributed by atoms with E-state index in [9.17, 15) is 9.90 Å². The monoisotopic (exact) mass is 311 g/mol. The second kappa shape index (κ2) is 8.41. The molecule has 2 unspecified atom stereocenters. The van der Waals surface area contributed by atoms with Crippen LogP contribution in [0.3, 0.4) is 0 Å². The van der Waals surface area contributed by atoms with E-state index in [0.29, 0.717) is 12.2 Å². The number of benzene rings is 1. The van der Waals surface area contributed by atoms with Gasteiger partial charge < -0.3 is 10.2 Å². The maximum Gasteiger partial charge on any atom is 0.329 e. The average Bonchev–Trinajstić information content (AvgIpc) is 2.44. The Labute approximate surface area is 131 Å². The Morgan fingerprint density at radius 1 is 1.29 bits per heavy atom. The van der Waals surface area contributed by atoms with Gasteiger partial charge in [-0.1, -0.05) is 37.3 Å². The first-order chi connectivity index (χ1) is 9.92. The standard InChI is InChI=1S/C16H25NO3S/c1-12(2)17-16(15(19)20,11-21-13(3)9-10-18)14-7-5-4-6-8-14/h4-8,12-13,17-18H,9-11H2,1-3H3,(H,19,20). The van der Waals surface area contributed by atoms with E-state index < -0.39 is 11.5 Å². The van der Waals surface area contributed by atoms with Gasteiger partial charge in [-0.25, -0.2) is 4.79 Å². The number of hydrogen-bond acceptors (Lipinski definition) is 4. The lowest BCUT2D eigenvalue weighted by Gasteiger charge is -2.33. The lowest BCUT2D eigenvalue weighted by atomic mass is 9.91. The maximum atomic E-state index is 12.0. The molecule has 1 aromatic carbocycles. The molecule has 0 fully saturated rings. The van der Waals surface area contributed by atoms with Crippen molar-refractivity contribution in [3.05, 3.63) is 35.9 Å². The molecule has 3 N–H and O–H groups in total. The summed E-state index contributed by atoms with van der Waals surface area (Å²) in [6.07, 6.45) is 0.664. The molecular formula is C16H25NO3S. The van der Waals surface area contributed by atoms with Crippen LogP contribution < -0.4 is 5.32 Å². The Balaban J connectivity index is 3.05. The first-order valence-electron chi connectivity index (χ1n) is 7.21. The summed E-state index contributed by atoms with van der Waals surface area (Å²) < 4.78 is 0. The molecule has 5 heteroatoms. The van der Waals surface area contributed by atoms with Crippen LogP contribution in [0.25, 0.3) is 0 Å². The summed E-state index contributed by atoms with van der Waals surface area (Å²) >= 11 is 1.57. The van der Waals surface area contributed by atoms with E-state index >= 15 is 0 Å². The Morgan fingerprint density at radius 2 is 1.90 bits per heavy atom. The van der Waals surface area contributed by atoms with Gasteiger partial charge >= 0.3 is 5.97 Å². The van der Waals surface area contributed by atoms with Crippen LogP contribution in [0.4, 0.5) is 0 Å². The van der Waals surface area contributed by atoms with E-state index in [2.05, 4.69) is 5.32 Å². The Bertz CT molecular complexity index is 438. The van der Waals surface area contributed by atoms with Gasteiger partial charge in [0.15, 0.2) is 5.54 Å². The van der Waals surface area contributed by atoms with E-state index in [1.165, 1.54) is 0 Å². The predicted molar refractivity (Wildman–Crippen MR) is 87.7 cm³/mol. The van der Waals surface area contributed by atoms with E-state index in [1.54, 1.807) is 11.8 Å². The summed E-state index contributed by atoms with van der Waals surface area (Å²) in [5, 5.41) is 22.3. The topological polar surface area (TPSA) is 69.6 Å². The highest BCUT2D eigenvalue weighted by molar-refractivity contribution is 7.99. The van der Waals surface area contributed by atoms with Crippen molar-refractivity contribution in [2.24, 2.45) is 0 Å². The van der Waals surface area contributed by atoms with Crippen molar-refractivity contribution in [2.45, 2.75) is 44.0 Å². The number of thioether (sulfide) groups is 1. The Morgan fingerprint density at radius 3 is 2.38 bits per heavy atom. The van der Waals surface area contributed by atoms with Gasteiger partial charge in [0.2, 0.25) is 0 Å². The average molecular weight is 311 g/mol. The minimum Gasteiger partial charge on any atom is -0.480 e. The quantitative estimate of drug-likeness (QED) is 0.653. The highest BCUT2D eigenvalue weighted by Gasteiger charge is 2.41. The zero-order valence-electron chi connectivity index (χ0n) is 12.9. The molecule has 0 aromatic heterocycles. The van der Waals surface area contributed by atoms with Crippen LogP contribution in [0.15, 0.2) is 30.3 Å². The normalized spacial score (nSPS) is 15.7. The number of aliphatic carboxylic acids is 1. The van der Waals surface area contributed by atoms with Gasteiger partial charge in [0.1, 0.15) is 0 Å². The van der Waals surface area contributed by atoms with E-state index in [1.807, 2.05) is 51.1 Å². The Hall–Kier alpha value is -1.04. The molecule has 21 heavy (non-hydrogen) atoms. The number of aliphatic hydroxyl groups is 1. The molecule has 2 atom stereocenters. The molecule has 0 amide bonds. The molecule has 0 saturated carbocycles. The van der Waals surface area contributed by atoms with Crippen LogP contribution in [-0.4, -0.2) is 39.8 Å². The van der Waals surface area contributed by atoms with Gasteiger partial charge in [0, 0.05) is 23.7 Å². The van der Waals surface area contributed by atoms with Crippen molar-refractivity contribution in [3.8, 4) is 0 Å². The van der Waals surface area contributed by atoms with Gasteiger partial charge in [0.25, 0.3) is 0 Å². The van der Waals surface area contributed by atoms with Gasteiger partial charge in [-0.2, -0.15) is 11.8 Å². The third-order valence-electron chi connectivity index (χ3n) is 3.29. The lowest BCUT2D eigenvalue weighted by Crippen LogP contribution is -2.54. The van der Waals surface area contributed by atoms with Crippen LogP contribution in [0.1, 0.15) is 32.8 Å². The second-order valence-electron chi connectivity index (χ2n) is 5.51. The van der Waals surface area contributed by atoms with Crippen LogP contribution >= 0.6 is 11.8 Å². The van der Waals surface area contributed by atoms with Crippen molar-refractivity contribution >= 4 is 17.7 Å².